The molecule has 3 N–H and O–H groups in total. The molecule has 1 unspecified atom stereocenters. The number of fused-ring (bicyclic) bond motifs is 1. The molecule has 2 heterocycles. The molecule has 2 amide bonds. The van der Waals surface area contributed by atoms with Gasteiger partial charge < -0.3 is 15.6 Å². The van der Waals surface area contributed by atoms with Gasteiger partial charge in [-0.2, -0.15) is 0 Å². The molecule has 0 radical (unpaired) electrons. The zero-order valence-electron chi connectivity index (χ0n) is 14.1. The smallest absolute Gasteiger partial charge is 0.315 e. The minimum atomic E-state index is -0.204. The van der Waals surface area contributed by atoms with Crippen LogP contribution in [0.4, 0.5) is 4.79 Å². The zero-order valence-corrected chi connectivity index (χ0v) is 14.1. The highest BCUT2D eigenvalue weighted by atomic mass is 16.2. The lowest BCUT2D eigenvalue weighted by molar-refractivity contribution is 0.232. The molecule has 6 heteroatoms. The van der Waals surface area contributed by atoms with Crippen molar-refractivity contribution in [2.75, 3.05) is 0 Å². The summed E-state index contributed by atoms with van der Waals surface area (Å²) < 4.78 is 0. The topological polar surface area (TPSA) is 82.7 Å². The van der Waals surface area contributed by atoms with Gasteiger partial charge in [0.15, 0.2) is 0 Å². The third-order valence-electron chi connectivity index (χ3n) is 4.61. The number of carbonyl (C=O) groups excluding carboxylic acids is 1. The van der Waals surface area contributed by atoms with E-state index in [2.05, 4.69) is 25.6 Å². The lowest BCUT2D eigenvalue weighted by Crippen LogP contribution is -2.40. The van der Waals surface area contributed by atoms with Gasteiger partial charge >= 0.3 is 6.03 Å². The van der Waals surface area contributed by atoms with Crippen molar-refractivity contribution < 1.29 is 4.79 Å². The second-order valence-electron chi connectivity index (χ2n) is 6.57. The van der Waals surface area contributed by atoms with Crippen LogP contribution < -0.4 is 10.6 Å². The first-order valence-electron chi connectivity index (χ1n) is 8.62. The number of hydrogen-bond acceptors (Lipinski definition) is 3. The Morgan fingerprint density at radius 2 is 1.92 bits per heavy atom. The van der Waals surface area contributed by atoms with Crippen molar-refractivity contribution in [3.63, 3.8) is 0 Å². The maximum atomic E-state index is 12.5. The van der Waals surface area contributed by atoms with Crippen molar-refractivity contribution in [2.24, 2.45) is 5.92 Å². The van der Waals surface area contributed by atoms with E-state index in [-0.39, 0.29) is 18.1 Å². The predicted molar refractivity (Wildman–Crippen MR) is 95.9 cm³/mol. The Hall–Kier alpha value is -2.89. The van der Waals surface area contributed by atoms with Gasteiger partial charge in [-0.15, -0.1) is 0 Å². The van der Waals surface area contributed by atoms with Gasteiger partial charge in [-0.05, 0) is 55.5 Å². The van der Waals surface area contributed by atoms with Crippen LogP contribution in [0.2, 0.25) is 0 Å². The summed E-state index contributed by atoms with van der Waals surface area (Å²) in [7, 11) is 0. The quantitative estimate of drug-likeness (QED) is 0.667. The fraction of sp³-hybridized carbons (Fsp3) is 0.316. The standard InChI is InChI=1S/C19H21N5O/c1-12(18-22-15-4-2-3-5-16(15)23-18)21-19(25)24-17(13-6-7-13)14-8-10-20-11-9-14/h2-5,8-13,17H,6-7H2,1H3,(H,22,23)(H2,21,24,25)/t12-,17?/m0/s1. The molecule has 1 aliphatic carbocycles. The fourth-order valence-electron chi connectivity index (χ4n) is 3.10. The number of urea groups is 1. The molecule has 1 fully saturated rings. The Morgan fingerprint density at radius 1 is 1.16 bits per heavy atom. The van der Waals surface area contributed by atoms with Crippen LogP contribution in [-0.2, 0) is 0 Å². The molecule has 0 bridgehead atoms. The average molecular weight is 335 g/mol. The van der Waals surface area contributed by atoms with Crippen LogP contribution in [-0.4, -0.2) is 21.0 Å². The number of imidazole rings is 1. The molecule has 0 spiro atoms. The first kappa shape index (κ1) is 15.6. The summed E-state index contributed by atoms with van der Waals surface area (Å²) in [6, 6.07) is 11.4. The van der Waals surface area contributed by atoms with Gasteiger partial charge in [-0.1, -0.05) is 12.1 Å². The highest BCUT2D eigenvalue weighted by Crippen LogP contribution is 2.40. The number of hydrogen-bond donors (Lipinski definition) is 3. The molecule has 2 atom stereocenters. The summed E-state index contributed by atoms with van der Waals surface area (Å²) in [5.74, 6) is 1.26. The van der Waals surface area contributed by atoms with E-state index in [9.17, 15) is 4.79 Å². The zero-order chi connectivity index (χ0) is 17.2. The number of nitrogens with zero attached hydrogens (tertiary/aromatic N) is 2. The number of rotatable bonds is 5. The number of amides is 2. The summed E-state index contributed by atoms with van der Waals surface area (Å²) in [6.07, 6.45) is 5.82. The maximum absolute atomic E-state index is 12.5. The Kier molecular flexibility index (Phi) is 4.09. The van der Waals surface area contributed by atoms with Crippen molar-refractivity contribution >= 4 is 17.1 Å². The van der Waals surface area contributed by atoms with E-state index >= 15 is 0 Å². The molecule has 1 saturated carbocycles. The molecule has 128 valence electrons. The SMILES string of the molecule is C[C@H](NC(=O)NC(c1ccncc1)C1CC1)c1nc2ccccc2[nH]1. The van der Waals surface area contributed by atoms with E-state index in [1.165, 1.54) is 0 Å². The number of para-hydroxylation sites is 2. The molecular formula is C19H21N5O. The maximum Gasteiger partial charge on any atom is 0.315 e. The Labute approximate surface area is 146 Å². The lowest BCUT2D eigenvalue weighted by atomic mass is 10.0. The van der Waals surface area contributed by atoms with Crippen LogP contribution in [0, 0.1) is 5.92 Å². The van der Waals surface area contributed by atoms with Crippen molar-refractivity contribution in [1.82, 2.24) is 25.6 Å². The molecule has 2 aromatic heterocycles. The number of carbonyl (C=O) groups is 1. The van der Waals surface area contributed by atoms with Gasteiger partial charge in [-0.3, -0.25) is 4.98 Å². The van der Waals surface area contributed by atoms with E-state index in [1.54, 1.807) is 12.4 Å². The monoisotopic (exact) mass is 335 g/mol. The number of benzene rings is 1. The highest BCUT2D eigenvalue weighted by Gasteiger charge is 2.33. The summed E-state index contributed by atoms with van der Waals surface area (Å²) in [6.45, 7) is 1.93. The molecule has 1 aromatic carbocycles. The summed E-state index contributed by atoms with van der Waals surface area (Å²) in [4.78, 5) is 24.3. The summed E-state index contributed by atoms with van der Waals surface area (Å²) >= 11 is 0. The summed E-state index contributed by atoms with van der Waals surface area (Å²) in [5.41, 5.74) is 2.97. The minimum absolute atomic E-state index is 0.0332. The highest BCUT2D eigenvalue weighted by molar-refractivity contribution is 5.76. The second-order valence-corrected chi connectivity index (χ2v) is 6.57. The van der Waals surface area contributed by atoms with Crippen molar-refractivity contribution in [3.05, 3.63) is 60.2 Å². The molecular weight excluding hydrogens is 314 g/mol. The first-order chi connectivity index (χ1) is 12.2. The number of aromatic nitrogens is 3. The van der Waals surface area contributed by atoms with Gasteiger partial charge in [0.25, 0.3) is 0 Å². The normalized spacial score (nSPS) is 16.4. The van der Waals surface area contributed by atoms with Gasteiger partial charge in [0.1, 0.15) is 5.82 Å². The van der Waals surface area contributed by atoms with Gasteiger partial charge in [0.05, 0.1) is 23.1 Å². The number of nitrogens with one attached hydrogen (secondary N) is 3. The van der Waals surface area contributed by atoms with Crippen molar-refractivity contribution in [1.29, 1.82) is 0 Å². The average Bonchev–Trinajstić information content (AvgIpc) is 3.37. The van der Waals surface area contributed by atoms with Crippen molar-refractivity contribution in [3.8, 4) is 0 Å². The fourth-order valence-corrected chi connectivity index (χ4v) is 3.10. The lowest BCUT2D eigenvalue weighted by Gasteiger charge is -2.20. The van der Waals surface area contributed by atoms with Crippen LogP contribution in [0.3, 0.4) is 0 Å². The van der Waals surface area contributed by atoms with E-state index in [0.29, 0.717) is 5.92 Å². The molecule has 1 aliphatic rings. The van der Waals surface area contributed by atoms with Gasteiger partial charge in [0.2, 0.25) is 0 Å². The molecule has 0 saturated heterocycles. The van der Waals surface area contributed by atoms with Crippen LogP contribution in [0.1, 0.15) is 43.2 Å². The van der Waals surface area contributed by atoms with Crippen LogP contribution in [0.25, 0.3) is 11.0 Å². The minimum Gasteiger partial charge on any atom is -0.340 e. The number of H-pyrrole nitrogens is 1. The molecule has 25 heavy (non-hydrogen) atoms. The molecule has 3 aromatic rings. The summed E-state index contributed by atoms with van der Waals surface area (Å²) in [5, 5.41) is 6.09. The van der Waals surface area contributed by atoms with E-state index in [1.807, 2.05) is 43.3 Å². The van der Waals surface area contributed by atoms with E-state index < -0.39 is 0 Å². The van der Waals surface area contributed by atoms with Crippen LogP contribution in [0.15, 0.2) is 48.8 Å². The molecule has 6 nitrogen and oxygen atoms in total. The molecule has 0 aliphatic heterocycles. The first-order valence-corrected chi connectivity index (χ1v) is 8.62. The number of pyridine rings is 1. The van der Waals surface area contributed by atoms with Crippen LogP contribution in [0.5, 0.6) is 0 Å². The Morgan fingerprint density at radius 3 is 2.64 bits per heavy atom. The third kappa shape index (κ3) is 3.47. The van der Waals surface area contributed by atoms with Crippen molar-refractivity contribution in [2.45, 2.75) is 31.8 Å². The van der Waals surface area contributed by atoms with E-state index in [4.69, 9.17) is 0 Å². The number of aromatic amines is 1. The third-order valence-corrected chi connectivity index (χ3v) is 4.61. The van der Waals surface area contributed by atoms with Crippen LogP contribution >= 0.6 is 0 Å². The molecule has 4 rings (SSSR count). The van der Waals surface area contributed by atoms with Gasteiger partial charge in [0, 0.05) is 12.4 Å². The Bertz CT molecular complexity index is 839. The largest absolute Gasteiger partial charge is 0.340 e. The van der Waals surface area contributed by atoms with E-state index in [0.717, 1.165) is 35.3 Å². The second kappa shape index (κ2) is 6.55. The Balaban J connectivity index is 1.43. The predicted octanol–water partition coefficient (Wildman–Crippen LogP) is 3.47. The van der Waals surface area contributed by atoms with Gasteiger partial charge in [-0.25, -0.2) is 9.78 Å².